The zero-order chi connectivity index (χ0) is 42.3. The fourth-order valence-corrected chi connectivity index (χ4v) is 5.88. The van der Waals surface area contributed by atoms with E-state index >= 15 is 4.39 Å². The predicted molar refractivity (Wildman–Crippen MR) is 203 cm³/mol. The van der Waals surface area contributed by atoms with Crippen molar-refractivity contribution in [1.29, 1.82) is 0 Å². The third kappa shape index (κ3) is 13.8. The second-order valence-electron chi connectivity index (χ2n) is 17.8. The van der Waals surface area contributed by atoms with Gasteiger partial charge in [-0.1, -0.05) is 60.7 Å². The molecule has 0 aliphatic carbocycles. The smallest absolute Gasteiger partial charge is 0.461 e. The molecule has 0 radical (unpaired) electrons. The van der Waals surface area contributed by atoms with Gasteiger partial charge in [0.2, 0.25) is 6.29 Å². The Balaban J connectivity index is 2.19. The first-order valence-corrected chi connectivity index (χ1v) is 19.9. The van der Waals surface area contributed by atoms with E-state index in [2.05, 4.69) is 0 Å². The summed E-state index contributed by atoms with van der Waals surface area (Å²) < 4.78 is 78.2. The number of benzene rings is 2. The standard InChI is InChI=1S/C41H58FO13P/c1-38(2,3)34(43)48-25-28(51-35(44)39(4,5)6)30-32(54-37(46)41(10,11)12)31(53-36(45)40(7,8)9)29(42)33(52-30)55-56(47,49-23-26-19-15-13-16-20-26)50-24-27-21-17-14-18-22-27/h13-22,28-33H,23-25H2,1-12H3/t28-,29+,30+,31+,32+,33-/m0/s1. The number of alkyl halides is 1. The maximum Gasteiger partial charge on any atom is 0.477 e. The second-order valence-corrected chi connectivity index (χ2v) is 19.4. The number of rotatable bonds is 14. The molecule has 2 aromatic rings. The number of phosphoric ester groups is 1. The number of ether oxygens (including phenoxy) is 5. The van der Waals surface area contributed by atoms with E-state index in [1.807, 2.05) is 0 Å². The number of phosphoric acid groups is 1. The maximum atomic E-state index is 17.1. The Kier molecular flexibility index (Phi) is 15.6. The summed E-state index contributed by atoms with van der Waals surface area (Å²) in [7, 11) is -4.79. The van der Waals surface area contributed by atoms with E-state index < -0.39 is 96.8 Å². The van der Waals surface area contributed by atoms with E-state index in [0.717, 1.165) is 0 Å². The molecule has 1 aliphatic rings. The minimum Gasteiger partial charge on any atom is -0.461 e. The van der Waals surface area contributed by atoms with Gasteiger partial charge in [0.05, 0.1) is 34.9 Å². The number of hydrogen-bond donors (Lipinski definition) is 0. The highest BCUT2D eigenvalue weighted by Gasteiger charge is 2.57. The van der Waals surface area contributed by atoms with Gasteiger partial charge in [-0.2, -0.15) is 0 Å². The highest BCUT2D eigenvalue weighted by atomic mass is 31.2. The number of halogens is 1. The van der Waals surface area contributed by atoms with Gasteiger partial charge in [-0.3, -0.25) is 32.7 Å². The first kappa shape index (κ1) is 46.7. The first-order valence-electron chi connectivity index (χ1n) is 18.5. The Hall–Kier alpha value is -3.68. The zero-order valence-electron chi connectivity index (χ0n) is 34.5. The van der Waals surface area contributed by atoms with Gasteiger partial charge < -0.3 is 23.7 Å². The summed E-state index contributed by atoms with van der Waals surface area (Å²) in [6.45, 7) is 17.6. The molecule has 0 N–H and O–H groups in total. The fourth-order valence-electron chi connectivity index (χ4n) is 4.65. The molecule has 0 spiro atoms. The summed E-state index contributed by atoms with van der Waals surface area (Å²) in [5, 5.41) is 0. The van der Waals surface area contributed by atoms with E-state index in [-0.39, 0.29) is 13.2 Å². The van der Waals surface area contributed by atoms with Crippen molar-refractivity contribution in [2.75, 3.05) is 6.61 Å². The molecular weight excluding hydrogens is 750 g/mol. The second kappa shape index (κ2) is 18.7. The van der Waals surface area contributed by atoms with Crippen LogP contribution >= 0.6 is 7.82 Å². The summed E-state index contributed by atoms with van der Waals surface area (Å²) in [5.74, 6) is -3.22. The Morgan fingerprint density at radius 3 is 1.46 bits per heavy atom. The average molecular weight is 809 g/mol. The highest BCUT2D eigenvalue weighted by molar-refractivity contribution is 7.48. The van der Waals surface area contributed by atoms with Gasteiger partial charge in [0.15, 0.2) is 24.5 Å². The lowest BCUT2D eigenvalue weighted by atomic mass is 9.92. The molecule has 1 saturated heterocycles. The largest absolute Gasteiger partial charge is 0.477 e. The van der Waals surface area contributed by atoms with Crippen molar-refractivity contribution in [1.82, 2.24) is 0 Å². The van der Waals surface area contributed by atoms with Crippen molar-refractivity contribution >= 4 is 31.7 Å². The minimum atomic E-state index is -4.79. The van der Waals surface area contributed by atoms with E-state index in [9.17, 15) is 23.7 Å². The average Bonchev–Trinajstić information content (AvgIpc) is 3.10. The summed E-state index contributed by atoms with van der Waals surface area (Å²) in [6.07, 6.45) is -11.9. The van der Waals surface area contributed by atoms with Crippen molar-refractivity contribution in [2.45, 2.75) is 133 Å². The molecule has 312 valence electrons. The van der Waals surface area contributed by atoms with Crippen LogP contribution in [0.4, 0.5) is 4.39 Å². The van der Waals surface area contributed by atoms with Crippen LogP contribution in [0.25, 0.3) is 0 Å². The first-order chi connectivity index (χ1) is 25.7. The van der Waals surface area contributed by atoms with Gasteiger partial charge >= 0.3 is 31.7 Å². The number of carbonyl (C=O) groups is 4. The van der Waals surface area contributed by atoms with Crippen LogP contribution in [0.2, 0.25) is 0 Å². The lowest BCUT2D eigenvalue weighted by molar-refractivity contribution is -0.292. The molecule has 0 saturated carbocycles. The Labute approximate surface area is 329 Å². The number of carbonyl (C=O) groups excluding carboxylic acids is 4. The number of esters is 4. The van der Waals surface area contributed by atoms with Crippen molar-refractivity contribution < 1.29 is 65.4 Å². The highest BCUT2D eigenvalue weighted by Crippen LogP contribution is 2.54. The number of hydrogen-bond acceptors (Lipinski definition) is 13. The molecule has 1 heterocycles. The van der Waals surface area contributed by atoms with Crippen LogP contribution in [0.5, 0.6) is 0 Å². The van der Waals surface area contributed by atoms with Gasteiger partial charge in [-0.15, -0.1) is 0 Å². The Morgan fingerprint density at radius 1 is 0.643 bits per heavy atom. The zero-order valence-corrected chi connectivity index (χ0v) is 35.4. The Bertz CT molecular complexity index is 1630. The lowest BCUT2D eigenvalue weighted by Gasteiger charge is -2.45. The van der Waals surface area contributed by atoms with Crippen LogP contribution in [0.15, 0.2) is 60.7 Å². The van der Waals surface area contributed by atoms with Crippen molar-refractivity contribution in [3.8, 4) is 0 Å². The Morgan fingerprint density at radius 2 is 1.05 bits per heavy atom. The van der Waals surface area contributed by atoms with Gasteiger partial charge in [-0.05, 0) is 94.2 Å². The van der Waals surface area contributed by atoms with Crippen LogP contribution in [0, 0.1) is 21.7 Å². The molecule has 0 unspecified atom stereocenters. The van der Waals surface area contributed by atoms with E-state index in [1.165, 1.54) is 20.8 Å². The van der Waals surface area contributed by atoms with Gasteiger partial charge in [0, 0.05) is 0 Å². The van der Waals surface area contributed by atoms with Crippen LogP contribution in [-0.4, -0.2) is 67.4 Å². The monoisotopic (exact) mass is 808 g/mol. The van der Waals surface area contributed by atoms with Crippen LogP contribution in [0.1, 0.15) is 94.2 Å². The molecule has 56 heavy (non-hydrogen) atoms. The van der Waals surface area contributed by atoms with E-state index in [1.54, 1.807) is 123 Å². The fraction of sp³-hybridized carbons (Fsp3) is 0.610. The molecule has 0 amide bonds. The summed E-state index contributed by atoms with van der Waals surface area (Å²) in [6, 6.07) is 17.3. The molecular formula is C41H58FO13P. The van der Waals surface area contributed by atoms with Crippen molar-refractivity contribution in [3.63, 3.8) is 0 Å². The van der Waals surface area contributed by atoms with Gasteiger partial charge in [0.25, 0.3) is 0 Å². The molecule has 3 rings (SSSR count). The molecule has 13 nitrogen and oxygen atoms in total. The summed E-state index contributed by atoms with van der Waals surface area (Å²) in [4.78, 5) is 53.4. The maximum absolute atomic E-state index is 17.1. The molecule has 2 aromatic carbocycles. The summed E-state index contributed by atoms with van der Waals surface area (Å²) >= 11 is 0. The molecule has 1 aliphatic heterocycles. The predicted octanol–water partition coefficient (Wildman–Crippen LogP) is 8.07. The van der Waals surface area contributed by atoms with Crippen molar-refractivity contribution in [2.24, 2.45) is 21.7 Å². The minimum absolute atomic E-state index is 0.289. The molecule has 15 heteroatoms. The summed E-state index contributed by atoms with van der Waals surface area (Å²) in [5.41, 5.74) is -3.29. The van der Waals surface area contributed by atoms with Crippen LogP contribution in [-0.2, 0) is 74.2 Å². The lowest BCUT2D eigenvalue weighted by Crippen LogP contribution is -2.64. The van der Waals surface area contributed by atoms with E-state index in [0.29, 0.717) is 11.1 Å². The van der Waals surface area contributed by atoms with Gasteiger partial charge in [0.1, 0.15) is 12.7 Å². The normalized spacial score (nSPS) is 21.4. The molecule has 6 atom stereocenters. The van der Waals surface area contributed by atoms with Crippen LogP contribution < -0.4 is 0 Å². The topological polar surface area (TPSA) is 159 Å². The van der Waals surface area contributed by atoms with E-state index in [4.69, 9.17) is 37.3 Å². The molecule has 0 aromatic heterocycles. The third-order valence-electron chi connectivity index (χ3n) is 8.15. The van der Waals surface area contributed by atoms with Crippen LogP contribution in [0.3, 0.4) is 0 Å². The quantitative estimate of drug-likeness (QED) is 0.103. The van der Waals surface area contributed by atoms with Crippen molar-refractivity contribution in [3.05, 3.63) is 71.8 Å². The van der Waals surface area contributed by atoms with Gasteiger partial charge in [-0.25, -0.2) is 8.96 Å². The third-order valence-corrected chi connectivity index (χ3v) is 9.51. The SMILES string of the molecule is CC(C)(C)C(=O)OC[C@H](OC(=O)C(C)(C)C)[C@H]1O[C@@H](OP(=O)(OCc2ccccc2)OCc2ccccc2)[C@H](F)[C@@H](OC(=O)C(C)(C)C)[C@@H]1OC(=O)C(C)(C)C. The molecule has 1 fully saturated rings. The molecule has 0 bridgehead atoms.